The Bertz CT molecular complexity index is 994. The number of nitrogens with zero attached hydrogens (tertiary/aromatic N) is 2. The van der Waals surface area contributed by atoms with E-state index in [4.69, 9.17) is 0 Å². The molecule has 0 bridgehead atoms. The van der Waals surface area contributed by atoms with E-state index in [1.165, 1.54) is 12.8 Å². The van der Waals surface area contributed by atoms with E-state index in [1.54, 1.807) is 0 Å². The van der Waals surface area contributed by atoms with Crippen molar-refractivity contribution in [2.24, 2.45) is 5.92 Å². The van der Waals surface area contributed by atoms with Gasteiger partial charge in [-0.05, 0) is 61.1 Å². The highest BCUT2D eigenvalue weighted by atomic mass is 19.4. The molecule has 3 fully saturated rings. The molecule has 1 N–H and O–H groups in total. The van der Waals surface area contributed by atoms with Crippen LogP contribution in [0.25, 0.3) is 0 Å². The van der Waals surface area contributed by atoms with Gasteiger partial charge in [-0.15, -0.1) is 0 Å². The lowest BCUT2D eigenvalue weighted by atomic mass is 9.76. The minimum absolute atomic E-state index is 0.0191. The minimum Gasteiger partial charge on any atom is -0.309 e. The van der Waals surface area contributed by atoms with Crippen LogP contribution in [0, 0.1) is 5.92 Å². The van der Waals surface area contributed by atoms with Gasteiger partial charge in [0.25, 0.3) is 0 Å². The number of hydrogen-bond donors (Lipinski definition) is 1. The van der Waals surface area contributed by atoms with Gasteiger partial charge >= 0.3 is 12.4 Å². The second kappa shape index (κ2) is 9.99. The maximum absolute atomic E-state index is 13.6. The molecule has 36 heavy (non-hydrogen) atoms. The van der Waals surface area contributed by atoms with Crippen LogP contribution in [0.2, 0.25) is 0 Å². The topological polar surface area (TPSA) is 18.5 Å². The Kier molecular flexibility index (Phi) is 7.09. The monoisotopic (exact) mass is 511 g/mol. The number of hydrogen-bond acceptors (Lipinski definition) is 3. The fourth-order valence-electron chi connectivity index (χ4n) is 5.84. The third kappa shape index (κ3) is 5.73. The van der Waals surface area contributed by atoms with Crippen molar-refractivity contribution in [1.29, 1.82) is 0 Å². The number of piperazine rings is 1. The van der Waals surface area contributed by atoms with Crippen LogP contribution in [0.15, 0.2) is 48.5 Å². The van der Waals surface area contributed by atoms with Crippen molar-refractivity contribution in [2.75, 3.05) is 39.3 Å². The van der Waals surface area contributed by atoms with Crippen molar-refractivity contribution < 1.29 is 26.3 Å². The number of halogens is 6. The quantitative estimate of drug-likeness (QED) is 0.502. The summed E-state index contributed by atoms with van der Waals surface area (Å²) >= 11 is 0. The van der Waals surface area contributed by atoms with Gasteiger partial charge in [-0.2, -0.15) is 26.3 Å². The molecule has 196 valence electrons. The predicted octanol–water partition coefficient (Wildman–Crippen LogP) is 5.94. The van der Waals surface area contributed by atoms with Gasteiger partial charge in [-0.1, -0.05) is 30.3 Å². The molecule has 1 saturated carbocycles. The Morgan fingerprint density at radius 2 is 1.36 bits per heavy atom. The summed E-state index contributed by atoms with van der Waals surface area (Å²) in [4.78, 5) is 4.87. The lowest BCUT2D eigenvalue weighted by Crippen LogP contribution is -2.56. The highest BCUT2D eigenvalue weighted by molar-refractivity contribution is 5.38. The van der Waals surface area contributed by atoms with E-state index in [1.807, 2.05) is 30.3 Å². The Morgan fingerprint density at radius 3 is 1.92 bits per heavy atom. The summed E-state index contributed by atoms with van der Waals surface area (Å²) in [6.45, 7) is 5.23. The first-order valence-corrected chi connectivity index (χ1v) is 12.6. The van der Waals surface area contributed by atoms with Gasteiger partial charge in [0.2, 0.25) is 0 Å². The first kappa shape index (κ1) is 25.5. The number of alkyl halides is 6. The zero-order chi connectivity index (χ0) is 25.5. The smallest absolute Gasteiger partial charge is 0.309 e. The van der Waals surface area contributed by atoms with Crippen LogP contribution in [0.3, 0.4) is 0 Å². The van der Waals surface area contributed by atoms with Crippen LogP contribution in [0.4, 0.5) is 26.3 Å². The molecule has 3 atom stereocenters. The highest BCUT2D eigenvalue weighted by Crippen LogP contribution is 2.44. The van der Waals surface area contributed by atoms with E-state index in [9.17, 15) is 26.3 Å². The van der Waals surface area contributed by atoms with Gasteiger partial charge in [-0.3, -0.25) is 4.90 Å². The molecule has 3 unspecified atom stereocenters. The summed E-state index contributed by atoms with van der Waals surface area (Å²) in [5.41, 5.74) is -1.58. The maximum Gasteiger partial charge on any atom is 0.416 e. The Balaban J connectivity index is 1.48. The Morgan fingerprint density at radius 1 is 0.750 bits per heavy atom. The van der Waals surface area contributed by atoms with Gasteiger partial charge in [0.1, 0.15) is 0 Å². The lowest BCUT2D eigenvalue weighted by Gasteiger charge is -2.48. The molecule has 2 aromatic rings. The molecule has 2 aromatic carbocycles. The number of rotatable bonds is 5. The molecule has 0 aromatic heterocycles. The molecule has 2 aliphatic heterocycles. The lowest BCUT2D eigenvalue weighted by molar-refractivity contribution is -0.143. The molecular weight excluding hydrogens is 480 g/mol. The van der Waals surface area contributed by atoms with Crippen molar-refractivity contribution >= 4 is 0 Å². The van der Waals surface area contributed by atoms with E-state index in [0.29, 0.717) is 6.54 Å². The summed E-state index contributed by atoms with van der Waals surface area (Å²) in [6.07, 6.45) is -6.37. The van der Waals surface area contributed by atoms with Crippen molar-refractivity contribution in [3.8, 4) is 0 Å². The first-order valence-electron chi connectivity index (χ1n) is 12.6. The van der Waals surface area contributed by atoms with Gasteiger partial charge in [0, 0.05) is 50.7 Å². The van der Waals surface area contributed by atoms with E-state index in [0.717, 1.165) is 62.8 Å². The molecule has 0 amide bonds. The SMILES string of the molecule is FC(F)(F)c1cc(C2NCCC(N3CCN(CC4CC4)CC3)C2c2ccccc2)cc(C(F)(F)F)c1. The number of nitrogens with one attached hydrogen (secondary N) is 1. The van der Waals surface area contributed by atoms with Gasteiger partial charge in [0.15, 0.2) is 0 Å². The minimum atomic E-state index is -4.87. The summed E-state index contributed by atoms with van der Waals surface area (Å²) in [5.74, 6) is 0.528. The standard InChI is InChI=1S/C27H31F6N3/c28-26(29,30)21-14-20(15-22(16-21)27(31,32)33)25-24(19-4-2-1-3-5-19)23(8-9-34-25)36-12-10-35(11-13-36)17-18-6-7-18/h1-5,14-16,18,23-25,34H,6-13,17H2. The van der Waals surface area contributed by atoms with Crippen molar-refractivity contribution in [3.63, 3.8) is 0 Å². The van der Waals surface area contributed by atoms with Gasteiger partial charge in [0.05, 0.1) is 11.1 Å². The fourth-order valence-corrected chi connectivity index (χ4v) is 5.84. The molecule has 5 rings (SSSR count). The largest absolute Gasteiger partial charge is 0.416 e. The van der Waals surface area contributed by atoms with E-state index in [-0.39, 0.29) is 23.6 Å². The number of piperidine rings is 1. The molecule has 9 heteroatoms. The Labute approximate surface area is 207 Å². The van der Waals surface area contributed by atoms with Crippen LogP contribution in [-0.4, -0.2) is 55.1 Å². The second-order valence-electron chi connectivity index (χ2n) is 10.3. The normalized spacial score (nSPS) is 26.8. The molecule has 2 heterocycles. The van der Waals surface area contributed by atoms with E-state index in [2.05, 4.69) is 15.1 Å². The maximum atomic E-state index is 13.6. The third-order valence-electron chi connectivity index (χ3n) is 7.82. The molecule has 2 saturated heterocycles. The van der Waals surface area contributed by atoms with Gasteiger partial charge in [-0.25, -0.2) is 0 Å². The van der Waals surface area contributed by atoms with Crippen LogP contribution in [-0.2, 0) is 12.4 Å². The van der Waals surface area contributed by atoms with E-state index >= 15 is 0 Å². The first-order chi connectivity index (χ1) is 17.1. The summed E-state index contributed by atoms with van der Waals surface area (Å²) in [7, 11) is 0. The molecule has 0 radical (unpaired) electrons. The van der Waals surface area contributed by atoms with Crippen molar-refractivity contribution in [3.05, 3.63) is 70.8 Å². The highest BCUT2D eigenvalue weighted by Gasteiger charge is 2.42. The molecule has 1 aliphatic carbocycles. The second-order valence-corrected chi connectivity index (χ2v) is 10.3. The molecule has 3 aliphatic rings. The van der Waals surface area contributed by atoms with E-state index < -0.39 is 29.5 Å². The third-order valence-corrected chi connectivity index (χ3v) is 7.82. The van der Waals surface area contributed by atoms with Crippen LogP contribution in [0.1, 0.15) is 53.5 Å². The van der Waals surface area contributed by atoms with Crippen LogP contribution < -0.4 is 5.32 Å². The predicted molar refractivity (Wildman–Crippen MR) is 126 cm³/mol. The molecular formula is C27H31F6N3. The average Bonchev–Trinajstić information content (AvgIpc) is 3.67. The summed E-state index contributed by atoms with van der Waals surface area (Å²) in [6, 6.07) is 10.8. The number of benzene rings is 2. The summed E-state index contributed by atoms with van der Waals surface area (Å²) in [5, 5.41) is 3.28. The molecule has 0 spiro atoms. The fraction of sp³-hybridized carbons (Fsp3) is 0.556. The zero-order valence-electron chi connectivity index (χ0n) is 20.0. The average molecular weight is 512 g/mol. The zero-order valence-corrected chi connectivity index (χ0v) is 20.0. The van der Waals surface area contributed by atoms with Crippen molar-refractivity contribution in [2.45, 2.75) is 49.6 Å². The van der Waals surface area contributed by atoms with Crippen molar-refractivity contribution in [1.82, 2.24) is 15.1 Å². The summed E-state index contributed by atoms with van der Waals surface area (Å²) < 4.78 is 81.7. The molecule has 3 nitrogen and oxygen atoms in total. The van der Waals surface area contributed by atoms with Crippen LogP contribution >= 0.6 is 0 Å². The van der Waals surface area contributed by atoms with Gasteiger partial charge < -0.3 is 10.2 Å². The Hall–Kier alpha value is -2.10. The van der Waals surface area contributed by atoms with Crippen LogP contribution in [0.5, 0.6) is 0 Å².